The van der Waals surface area contributed by atoms with Crippen molar-refractivity contribution in [2.75, 3.05) is 6.61 Å². The summed E-state index contributed by atoms with van der Waals surface area (Å²) in [4.78, 5) is 27.0. The molecule has 0 bridgehead atoms. The zero-order valence-corrected chi connectivity index (χ0v) is 27.3. The van der Waals surface area contributed by atoms with Crippen LogP contribution in [0.2, 0.25) is 0 Å². The van der Waals surface area contributed by atoms with Crippen LogP contribution in [0, 0.1) is 44.8 Å². The van der Waals surface area contributed by atoms with Crippen LogP contribution >= 0.6 is 0 Å². The summed E-state index contributed by atoms with van der Waals surface area (Å²) >= 11 is 0. The summed E-state index contributed by atoms with van der Waals surface area (Å²) in [5.74, 6) is 0.0812. The molecule has 2 aliphatic heterocycles. The molecule has 0 aromatic heterocycles. The molecule has 2 saturated heterocycles. The monoisotopic (exact) mass is 616 g/mol. The fourth-order valence-electron chi connectivity index (χ4n) is 11.9. The summed E-state index contributed by atoms with van der Waals surface area (Å²) in [6.07, 6.45) is 0.934. The summed E-state index contributed by atoms with van der Waals surface area (Å²) in [7, 11) is 0. The summed E-state index contributed by atoms with van der Waals surface area (Å²) in [5, 5.41) is 42.9. The Balaban J connectivity index is 1.15. The Morgan fingerprint density at radius 2 is 1.77 bits per heavy atom. The Hall–Kier alpha value is -1.20. The molecule has 9 heteroatoms. The molecule has 7 aliphatic rings. The number of ketones is 2. The molecule has 6 fully saturated rings. The Labute approximate surface area is 260 Å². The number of Topliss-reactive ketones (excluding diaryl/α,β-unsaturated/α-hetero) is 2. The first-order valence-electron chi connectivity index (χ1n) is 16.8. The highest BCUT2D eigenvalue weighted by Gasteiger charge is 2.84. The number of aliphatic hydroxyl groups excluding tert-OH is 4. The van der Waals surface area contributed by atoms with E-state index in [2.05, 4.69) is 33.8 Å². The molecular formula is C35H52O9. The smallest absolute Gasteiger partial charge is 0.186 e. The molecule has 5 aliphatic carbocycles. The molecule has 14 atom stereocenters. The van der Waals surface area contributed by atoms with Crippen LogP contribution in [-0.4, -0.2) is 87.1 Å². The largest absolute Gasteiger partial charge is 0.392 e. The maximum atomic E-state index is 13.9. The quantitative estimate of drug-likeness (QED) is 0.261. The molecule has 4 N–H and O–H groups in total. The highest BCUT2D eigenvalue weighted by atomic mass is 16.7. The minimum atomic E-state index is -1.33. The number of ether oxygens (including phenoxy) is 3. The van der Waals surface area contributed by atoms with E-state index in [1.807, 2.05) is 20.8 Å². The molecule has 1 unspecified atom stereocenters. The first-order valence-corrected chi connectivity index (χ1v) is 16.8. The molecule has 0 aromatic carbocycles. The first kappa shape index (κ1) is 31.4. The van der Waals surface area contributed by atoms with Gasteiger partial charge < -0.3 is 34.6 Å². The van der Waals surface area contributed by atoms with Gasteiger partial charge in [0, 0.05) is 29.6 Å². The SMILES string of the molecule is C[C@H](CC(=O)C1OC1(C)C)[C@H]1C(=O)C[C@@]2(C)C3=CC[C@H]4C(C)(C)[C@@H](O[C@H]5OC[C@H](O)[C@H](O)[C@H]5O)CC[C@@]45C[C@@]35[C@@H](O)C[C@]12C. The third-order valence-electron chi connectivity index (χ3n) is 14.4. The zero-order valence-electron chi connectivity index (χ0n) is 27.3. The van der Waals surface area contributed by atoms with Gasteiger partial charge in [0.25, 0.3) is 0 Å². The van der Waals surface area contributed by atoms with Crippen LogP contribution in [-0.2, 0) is 23.8 Å². The molecule has 0 amide bonds. The summed E-state index contributed by atoms with van der Waals surface area (Å²) < 4.78 is 17.6. The summed E-state index contributed by atoms with van der Waals surface area (Å²) in [6.45, 7) is 14.6. The number of hydrogen-bond donors (Lipinski definition) is 4. The molecule has 7 rings (SSSR count). The van der Waals surface area contributed by atoms with Gasteiger partial charge in [0.2, 0.25) is 0 Å². The molecule has 9 nitrogen and oxygen atoms in total. The average molecular weight is 617 g/mol. The van der Waals surface area contributed by atoms with Crippen molar-refractivity contribution in [1.82, 2.24) is 0 Å². The van der Waals surface area contributed by atoms with Gasteiger partial charge >= 0.3 is 0 Å². The Kier molecular flexibility index (Phi) is 6.75. The topological polar surface area (TPSA) is 146 Å². The second kappa shape index (κ2) is 9.45. The van der Waals surface area contributed by atoms with E-state index < -0.39 is 47.8 Å². The summed E-state index contributed by atoms with van der Waals surface area (Å²) in [5.41, 5.74) is -0.761. The second-order valence-electron chi connectivity index (χ2n) is 17.3. The Morgan fingerprint density at radius 1 is 1.09 bits per heavy atom. The third-order valence-corrected chi connectivity index (χ3v) is 14.4. The van der Waals surface area contributed by atoms with Gasteiger partial charge in [-0.2, -0.15) is 0 Å². The highest BCUT2D eigenvalue weighted by molar-refractivity contribution is 5.90. The molecule has 0 aromatic rings. The maximum Gasteiger partial charge on any atom is 0.186 e. The van der Waals surface area contributed by atoms with Gasteiger partial charge in [-0.25, -0.2) is 0 Å². The van der Waals surface area contributed by atoms with E-state index in [0.717, 1.165) is 25.7 Å². The molecule has 2 heterocycles. The molecular weight excluding hydrogens is 564 g/mol. The van der Waals surface area contributed by atoms with Crippen LogP contribution in [0.4, 0.5) is 0 Å². The van der Waals surface area contributed by atoms with E-state index in [0.29, 0.717) is 19.3 Å². The molecule has 44 heavy (non-hydrogen) atoms. The van der Waals surface area contributed by atoms with Crippen molar-refractivity contribution in [3.63, 3.8) is 0 Å². The fourth-order valence-corrected chi connectivity index (χ4v) is 11.9. The van der Waals surface area contributed by atoms with Crippen LogP contribution in [0.25, 0.3) is 0 Å². The lowest BCUT2D eigenvalue weighted by Crippen LogP contribution is -2.59. The van der Waals surface area contributed by atoms with Crippen LogP contribution in [0.5, 0.6) is 0 Å². The van der Waals surface area contributed by atoms with Crippen LogP contribution in [0.3, 0.4) is 0 Å². The highest BCUT2D eigenvalue weighted by Crippen LogP contribution is 2.87. The van der Waals surface area contributed by atoms with Gasteiger partial charge in [0.1, 0.15) is 30.2 Å². The molecule has 0 radical (unpaired) electrons. The van der Waals surface area contributed by atoms with Crippen molar-refractivity contribution in [3.8, 4) is 0 Å². The lowest BCUT2D eigenvalue weighted by molar-refractivity contribution is -0.301. The van der Waals surface area contributed by atoms with E-state index in [4.69, 9.17) is 14.2 Å². The maximum absolute atomic E-state index is 13.9. The van der Waals surface area contributed by atoms with Gasteiger partial charge in [-0.05, 0) is 74.0 Å². The zero-order chi connectivity index (χ0) is 32.0. The number of hydrogen-bond acceptors (Lipinski definition) is 9. The van der Waals surface area contributed by atoms with E-state index in [1.54, 1.807) is 0 Å². The predicted molar refractivity (Wildman–Crippen MR) is 159 cm³/mol. The number of carbonyl (C=O) groups is 2. The normalized spacial score (nSPS) is 53.8. The number of carbonyl (C=O) groups excluding carboxylic acids is 2. The Bertz CT molecular complexity index is 1290. The molecule has 4 saturated carbocycles. The Morgan fingerprint density at radius 3 is 2.43 bits per heavy atom. The minimum Gasteiger partial charge on any atom is -0.392 e. The average Bonchev–Trinajstić information content (AvgIpc) is 3.78. The van der Waals surface area contributed by atoms with Crippen molar-refractivity contribution in [1.29, 1.82) is 0 Å². The molecule has 246 valence electrons. The van der Waals surface area contributed by atoms with Crippen molar-refractivity contribution >= 4 is 11.6 Å². The predicted octanol–water partition coefficient (Wildman–Crippen LogP) is 3.09. The lowest BCUT2D eigenvalue weighted by atomic mass is 9.44. The van der Waals surface area contributed by atoms with E-state index in [9.17, 15) is 30.0 Å². The summed E-state index contributed by atoms with van der Waals surface area (Å²) in [6, 6.07) is 0. The van der Waals surface area contributed by atoms with Gasteiger partial charge in [-0.15, -0.1) is 0 Å². The number of fused-ring (bicyclic) bond motifs is 2. The van der Waals surface area contributed by atoms with E-state index in [-0.39, 0.29) is 63.7 Å². The van der Waals surface area contributed by atoms with Crippen LogP contribution in [0.1, 0.15) is 93.4 Å². The van der Waals surface area contributed by atoms with Gasteiger partial charge in [0.05, 0.1) is 24.4 Å². The fraction of sp³-hybridized carbons (Fsp3) is 0.886. The van der Waals surface area contributed by atoms with Crippen molar-refractivity contribution in [2.24, 2.45) is 44.8 Å². The van der Waals surface area contributed by atoms with Crippen LogP contribution in [0.15, 0.2) is 11.6 Å². The van der Waals surface area contributed by atoms with Crippen molar-refractivity contribution < 1.29 is 44.2 Å². The standard InChI is InChI=1S/C35H52O9/c1-17(12-18(36)28-31(4,5)44-28)25-19(37)13-32(6)22-9-8-21-30(2,3)24(43-29-27(41)26(40)20(38)15-42-29)10-11-34(21)16-35(22,34)23(39)14-33(25,32)7/h9,17,20-21,23-29,38-41H,8,10-16H2,1-7H3/t17-,20+,21+,23+,24+,25+,26+,27-,28?,29-,32+,33-,34-,35+/m1/s1. The first-order chi connectivity index (χ1) is 20.4. The number of allylic oxidation sites excluding steroid dienone is 1. The number of epoxide rings is 1. The minimum absolute atomic E-state index is 0.0687. The molecule has 2 spiro atoms. The van der Waals surface area contributed by atoms with Crippen molar-refractivity contribution in [2.45, 2.75) is 142 Å². The van der Waals surface area contributed by atoms with Gasteiger partial charge in [0.15, 0.2) is 12.1 Å². The lowest BCUT2D eigenvalue weighted by Gasteiger charge is -2.61. The van der Waals surface area contributed by atoms with E-state index in [1.165, 1.54) is 5.57 Å². The number of aliphatic hydroxyl groups is 4. The van der Waals surface area contributed by atoms with Gasteiger partial charge in [-0.1, -0.05) is 46.3 Å². The van der Waals surface area contributed by atoms with Crippen LogP contribution < -0.4 is 0 Å². The van der Waals surface area contributed by atoms with E-state index >= 15 is 0 Å². The number of rotatable bonds is 6. The third kappa shape index (κ3) is 3.84. The second-order valence-corrected chi connectivity index (χ2v) is 17.3. The van der Waals surface area contributed by atoms with Gasteiger partial charge in [-0.3, -0.25) is 9.59 Å². The van der Waals surface area contributed by atoms with Crippen molar-refractivity contribution in [3.05, 3.63) is 11.6 Å².